The van der Waals surface area contributed by atoms with Crippen molar-refractivity contribution in [2.24, 2.45) is 0 Å². The van der Waals surface area contributed by atoms with Crippen LogP contribution in [0.5, 0.6) is 0 Å². The van der Waals surface area contributed by atoms with E-state index in [9.17, 15) is 4.79 Å². The molecule has 1 fully saturated rings. The van der Waals surface area contributed by atoms with Crippen molar-refractivity contribution in [3.05, 3.63) is 34.4 Å². The summed E-state index contributed by atoms with van der Waals surface area (Å²) in [4.78, 5) is 18.4. The standard InChI is InChI=1S/C14H20N4O/c1-10(2)17-6-3-4-11(17)8-13-15-14-9-12(19)5-7-18(14)16-13/h5,7,9-11H,3-4,6,8H2,1-2H3,(H,15,16). The number of H-pyrrole nitrogens is 1. The Morgan fingerprint density at radius 2 is 2.37 bits per heavy atom. The van der Waals surface area contributed by atoms with Gasteiger partial charge in [-0.3, -0.25) is 14.8 Å². The number of pyridine rings is 1. The highest BCUT2D eigenvalue weighted by molar-refractivity contribution is 5.36. The van der Waals surface area contributed by atoms with E-state index in [4.69, 9.17) is 0 Å². The zero-order valence-corrected chi connectivity index (χ0v) is 11.5. The van der Waals surface area contributed by atoms with E-state index < -0.39 is 0 Å². The number of likely N-dealkylation sites (tertiary alicyclic amines) is 1. The average molecular weight is 260 g/mol. The topological polar surface area (TPSA) is 53.4 Å². The highest BCUT2D eigenvalue weighted by Gasteiger charge is 2.27. The van der Waals surface area contributed by atoms with Gasteiger partial charge in [0.25, 0.3) is 0 Å². The number of hydrogen-bond donors (Lipinski definition) is 1. The van der Waals surface area contributed by atoms with Crippen LogP contribution in [0.3, 0.4) is 0 Å². The lowest BCUT2D eigenvalue weighted by Crippen LogP contribution is -2.36. The molecule has 0 radical (unpaired) electrons. The maximum atomic E-state index is 11.3. The van der Waals surface area contributed by atoms with Crippen molar-refractivity contribution in [3.63, 3.8) is 0 Å². The van der Waals surface area contributed by atoms with Gasteiger partial charge in [0.1, 0.15) is 5.82 Å². The fraction of sp³-hybridized carbons (Fsp3) is 0.571. The van der Waals surface area contributed by atoms with Crippen LogP contribution in [0.4, 0.5) is 0 Å². The molecule has 2 aromatic heterocycles. The zero-order chi connectivity index (χ0) is 13.4. The Morgan fingerprint density at radius 1 is 1.53 bits per heavy atom. The van der Waals surface area contributed by atoms with Gasteiger partial charge in [0, 0.05) is 36.8 Å². The SMILES string of the molecule is CC(C)N1CCCC1Cc1nc2cc(=O)ccn2[nH]1. The van der Waals surface area contributed by atoms with Crippen LogP contribution in [0.2, 0.25) is 0 Å². The third-order valence-corrected chi connectivity index (χ3v) is 3.92. The Labute approximate surface area is 112 Å². The van der Waals surface area contributed by atoms with Crippen LogP contribution in [0, 0.1) is 0 Å². The number of aromatic amines is 1. The molecule has 1 aliphatic rings. The molecule has 19 heavy (non-hydrogen) atoms. The Kier molecular flexibility index (Phi) is 3.14. The third kappa shape index (κ3) is 2.42. The summed E-state index contributed by atoms with van der Waals surface area (Å²) in [6.07, 6.45) is 5.16. The number of fused-ring (bicyclic) bond motifs is 1. The highest BCUT2D eigenvalue weighted by atomic mass is 16.1. The molecule has 2 aromatic rings. The van der Waals surface area contributed by atoms with E-state index >= 15 is 0 Å². The van der Waals surface area contributed by atoms with Gasteiger partial charge in [-0.25, -0.2) is 9.50 Å². The van der Waals surface area contributed by atoms with Crippen molar-refractivity contribution in [2.75, 3.05) is 6.54 Å². The number of nitrogens with one attached hydrogen (secondary N) is 1. The smallest absolute Gasteiger partial charge is 0.183 e. The minimum atomic E-state index is 0.00252. The maximum absolute atomic E-state index is 11.3. The van der Waals surface area contributed by atoms with Crippen LogP contribution in [0.15, 0.2) is 23.1 Å². The Balaban J connectivity index is 1.83. The molecule has 1 atom stereocenters. The number of nitrogens with zero attached hydrogens (tertiary/aromatic N) is 3. The fourth-order valence-electron chi connectivity index (χ4n) is 3.02. The van der Waals surface area contributed by atoms with Gasteiger partial charge in [0.05, 0.1) is 0 Å². The molecule has 1 saturated heterocycles. The Bertz CT molecular complexity index is 628. The molecule has 5 nitrogen and oxygen atoms in total. The second-order valence-electron chi connectivity index (χ2n) is 5.59. The van der Waals surface area contributed by atoms with Crippen molar-refractivity contribution in [1.82, 2.24) is 19.5 Å². The van der Waals surface area contributed by atoms with E-state index in [1.165, 1.54) is 19.4 Å². The molecule has 1 N–H and O–H groups in total. The van der Waals surface area contributed by atoms with Gasteiger partial charge in [-0.05, 0) is 33.2 Å². The third-order valence-electron chi connectivity index (χ3n) is 3.92. The van der Waals surface area contributed by atoms with Gasteiger partial charge >= 0.3 is 0 Å². The summed E-state index contributed by atoms with van der Waals surface area (Å²) < 4.78 is 1.81. The normalized spacial score (nSPS) is 20.7. The van der Waals surface area contributed by atoms with E-state index in [-0.39, 0.29) is 5.43 Å². The second kappa shape index (κ2) is 4.81. The number of rotatable bonds is 3. The lowest BCUT2D eigenvalue weighted by atomic mass is 10.1. The predicted octanol–water partition coefficient (Wildman–Crippen LogP) is 1.44. The molecule has 5 heteroatoms. The minimum Gasteiger partial charge on any atom is -0.298 e. The molecule has 102 valence electrons. The van der Waals surface area contributed by atoms with E-state index in [0.717, 1.165) is 12.2 Å². The first-order valence-corrected chi connectivity index (χ1v) is 6.96. The number of hydrogen-bond acceptors (Lipinski definition) is 3. The van der Waals surface area contributed by atoms with Crippen molar-refractivity contribution in [1.29, 1.82) is 0 Å². The summed E-state index contributed by atoms with van der Waals surface area (Å²) in [5, 5.41) is 3.25. The summed E-state index contributed by atoms with van der Waals surface area (Å²) in [7, 11) is 0. The van der Waals surface area contributed by atoms with E-state index in [2.05, 4.69) is 28.8 Å². The molecule has 1 unspecified atom stereocenters. The van der Waals surface area contributed by atoms with Crippen LogP contribution in [0.1, 0.15) is 32.5 Å². The fourth-order valence-corrected chi connectivity index (χ4v) is 3.02. The maximum Gasteiger partial charge on any atom is 0.183 e. The van der Waals surface area contributed by atoms with E-state index in [1.54, 1.807) is 18.3 Å². The predicted molar refractivity (Wildman–Crippen MR) is 74.4 cm³/mol. The molecule has 0 aliphatic carbocycles. The van der Waals surface area contributed by atoms with E-state index in [0.29, 0.717) is 17.7 Å². The first-order valence-electron chi connectivity index (χ1n) is 6.96. The minimum absolute atomic E-state index is 0.00252. The molecule has 3 rings (SSSR count). The van der Waals surface area contributed by atoms with Gasteiger partial charge in [-0.2, -0.15) is 0 Å². The molecule has 0 saturated carbocycles. The highest BCUT2D eigenvalue weighted by Crippen LogP contribution is 2.22. The summed E-state index contributed by atoms with van der Waals surface area (Å²) in [5.74, 6) is 0.961. The van der Waals surface area contributed by atoms with Crippen molar-refractivity contribution in [3.8, 4) is 0 Å². The van der Waals surface area contributed by atoms with Gasteiger partial charge in [-0.15, -0.1) is 0 Å². The van der Waals surface area contributed by atoms with Crippen LogP contribution < -0.4 is 5.43 Å². The molecular weight excluding hydrogens is 240 g/mol. The molecule has 0 amide bonds. The molecule has 3 heterocycles. The second-order valence-corrected chi connectivity index (χ2v) is 5.59. The molecule has 0 aromatic carbocycles. The Morgan fingerprint density at radius 3 is 3.16 bits per heavy atom. The zero-order valence-electron chi connectivity index (χ0n) is 11.5. The molecule has 0 spiro atoms. The van der Waals surface area contributed by atoms with Gasteiger partial charge in [-0.1, -0.05) is 0 Å². The average Bonchev–Trinajstić information content (AvgIpc) is 2.95. The van der Waals surface area contributed by atoms with Gasteiger partial charge < -0.3 is 0 Å². The van der Waals surface area contributed by atoms with Crippen LogP contribution in [0.25, 0.3) is 5.65 Å². The summed E-state index contributed by atoms with van der Waals surface area (Å²) in [6.45, 7) is 5.67. The Hall–Kier alpha value is -1.62. The van der Waals surface area contributed by atoms with Gasteiger partial charge in [0.2, 0.25) is 0 Å². The largest absolute Gasteiger partial charge is 0.298 e. The number of aromatic nitrogens is 3. The van der Waals surface area contributed by atoms with Crippen LogP contribution in [-0.4, -0.2) is 38.1 Å². The van der Waals surface area contributed by atoms with E-state index in [1.807, 2.05) is 4.52 Å². The first-order chi connectivity index (χ1) is 9.13. The van der Waals surface area contributed by atoms with Crippen molar-refractivity contribution in [2.45, 2.75) is 45.2 Å². The summed E-state index contributed by atoms with van der Waals surface area (Å²) >= 11 is 0. The van der Waals surface area contributed by atoms with Crippen LogP contribution >= 0.6 is 0 Å². The lowest BCUT2D eigenvalue weighted by Gasteiger charge is -2.27. The quantitative estimate of drug-likeness (QED) is 0.908. The van der Waals surface area contributed by atoms with Crippen molar-refractivity contribution < 1.29 is 0 Å². The summed E-state index contributed by atoms with van der Waals surface area (Å²) in [5.41, 5.74) is 0.708. The monoisotopic (exact) mass is 260 g/mol. The van der Waals surface area contributed by atoms with Crippen LogP contribution in [-0.2, 0) is 6.42 Å². The van der Waals surface area contributed by atoms with Gasteiger partial charge in [0.15, 0.2) is 11.1 Å². The molecule has 1 aliphatic heterocycles. The molecular formula is C14H20N4O. The first kappa shape index (κ1) is 12.4. The summed E-state index contributed by atoms with van der Waals surface area (Å²) in [6, 6.07) is 4.26. The lowest BCUT2D eigenvalue weighted by molar-refractivity contribution is 0.201. The molecule has 0 bridgehead atoms. The van der Waals surface area contributed by atoms with Crippen molar-refractivity contribution >= 4 is 5.65 Å².